The molecule has 1 heterocycles. The second kappa shape index (κ2) is 7.08. The van der Waals surface area contributed by atoms with Crippen LogP contribution in [0.15, 0.2) is 23.3 Å². The van der Waals surface area contributed by atoms with Gasteiger partial charge in [0.25, 0.3) is 5.91 Å². The Labute approximate surface area is 136 Å². The number of hydroxylamine groups is 2. The molecule has 1 N–H and O–H groups in total. The van der Waals surface area contributed by atoms with E-state index in [1.807, 2.05) is 27.7 Å². The van der Waals surface area contributed by atoms with Crippen molar-refractivity contribution >= 4 is 17.3 Å². The standard InChI is InChI=1S/C17H24FN3O2/c1-5-13(6-2)19-20-14-8-7-12(15(18)9-14)10-21-16(22)17(3,4)11-23-21/h7-9,20H,5-6,10-11H2,1-4H3. The molecule has 126 valence electrons. The molecule has 0 spiro atoms. The monoisotopic (exact) mass is 321 g/mol. The summed E-state index contributed by atoms with van der Waals surface area (Å²) in [6.07, 6.45) is 1.71. The van der Waals surface area contributed by atoms with Gasteiger partial charge in [0.2, 0.25) is 0 Å². The molecule has 0 aliphatic carbocycles. The van der Waals surface area contributed by atoms with E-state index in [0.29, 0.717) is 17.9 Å². The zero-order valence-electron chi connectivity index (χ0n) is 14.1. The van der Waals surface area contributed by atoms with Crippen molar-refractivity contribution < 1.29 is 14.0 Å². The molecule has 23 heavy (non-hydrogen) atoms. The van der Waals surface area contributed by atoms with Crippen LogP contribution in [-0.4, -0.2) is 23.3 Å². The van der Waals surface area contributed by atoms with Gasteiger partial charge in [-0.15, -0.1) is 0 Å². The molecule has 6 heteroatoms. The number of carbonyl (C=O) groups excluding carboxylic acids is 1. The maximum absolute atomic E-state index is 14.2. The number of rotatable bonds is 6. The van der Waals surface area contributed by atoms with E-state index in [-0.39, 0.29) is 18.3 Å². The van der Waals surface area contributed by atoms with Crippen molar-refractivity contribution in [3.63, 3.8) is 0 Å². The van der Waals surface area contributed by atoms with Crippen molar-refractivity contribution in [2.24, 2.45) is 10.5 Å². The fraction of sp³-hybridized carbons (Fsp3) is 0.529. The Hall–Kier alpha value is -1.95. The summed E-state index contributed by atoms with van der Waals surface area (Å²) in [5.41, 5.74) is 4.33. The van der Waals surface area contributed by atoms with Gasteiger partial charge in [-0.3, -0.25) is 15.1 Å². The van der Waals surface area contributed by atoms with E-state index in [0.717, 1.165) is 18.6 Å². The average molecular weight is 321 g/mol. The van der Waals surface area contributed by atoms with Crippen LogP contribution in [0.3, 0.4) is 0 Å². The number of nitrogens with zero attached hydrogens (tertiary/aromatic N) is 2. The fourth-order valence-electron chi connectivity index (χ4n) is 2.27. The second-order valence-corrected chi connectivity index (χ2v) is 6.30. The van der Waals surface area contributed by atoms with Gasteiger partial charge in [0.15, 0.2) is 0 Å². The molecule has 1 fully saturated rings. The molecule has 0 bridgehead atoms. The highest BCUT2D eigenvalue weighted by Gasteiger charge is 2.40. The van der Waals surface area contributed by atoms with Gasteiger partial charge in [-0.1, -0.05) is 19.9 Å². The molecule has 0 saturated carbocycles. The number of carbonyl (C=O) groups is 1. The third-order valence-electron chi connectivity index (χ3n) is 3.91. The van der Waals surface area contributed by atoms with Crippen LogP contribution in [0.5, 0.6) is 0 Å². The van der Waals surface area contributed by atoms with Gasteiger partial charge in [-0.2, -0.15) is 5.10 Å². The Morgan fingerprint density at radius 1 is 1.39 bits per heavy atom. The molecule has 1 saturated heterocycles. The summed E-state index contributed by atoms with van der Waals surface area (Å²) < 4.78 is 14.2. The fourth-order valence-corrected chi connectivity index (χ4v) is 2.27. The molecule has 0 atom stereocenters. The van der Waals surface area contributed by atoms with Crippen molar-refractivity contribution in [3.8, 4) is 0 Å². The lowest BCUT2D eigenvalue weighted by molar-refractivity contribution is -0.165. The summed E-state index contributed by atoms with van der Waals surface area (Å²) in [6.45, 7) is 8.11. The van der Waals surface area contributed by atoms with Crippen LogP contribution in [0.4, 0.5) is 10.1 Å². The average Bonchev–Trinajstić information content (AvgIpc) is 2.77. The van der Waals surface area contributed by atoms with Crippen LogP contribution in [0.25, 0.3) is 0 Å². The first kappa shape index (κ1) is 17.4. The van der Waals surface area contributed by atoms with Gasteiger partial charge in [0.1, 0.15) is 5.82 Å². The Bertz CT molecular complexity index is 608. The van der Waals surface area contributed by atoms with E-state index in [4.69, 9.17) is 4.84 Å². The van der Waals surface area contributed by atoms with Gasteiger partial charge in [-0.05, 0) is 38.8 Å². The molecular weight excluding hydrogens is 297 g/mol. The largest absolute Gasteiger partial charge is 0.278 e. The predicted octanol–water partition coefficient (Wildman–Crippen LogP) is 3.71. The Morgan fingerprint density at radius 3 is 2.61 bits per heavy atom. The van der Waals surface area contributed by atoms with Crippen molar-refractivity contribution in [2.75, 3.05) is 12.0 Å². The van der Waals surface area contributed by atoms with E-state index >= 15 is 0 Å². The highest BCUT2D eigenvalue weighted by Crippen LogP contribution is 2.28. The summed E-state index contributed by atoms with van der Waals surface area (Å²) in [4.78, 5) is 17.5. The molecule has 2 rings (SSSR count). The summed E-state index contributed by atoms with van der Waals surface area (Å²) in [5.74, 6) is -0.514. The molecular formula is C17H24FN3O2. The number of hydrazone groups is 1. The number of halogens is 1. The normalized spacial score (nSPS) is 16.6. The smallest absolute Gasteiger partial charge is 0.254 e. The molecule has 0 radical (unpaired) electrons. The van der Waals surface area contributed by atoms with Crippen molar-refractivity contribution in [2.45, 2.75) is 47.1 Å². The summed E-state index contributed by atoms with van der Waals surface area (Å²) in [6, 6.07) is 4.77. The van der Waals surface area contributed by atoms with Gasteiger partial charge in [0.05, 0.1) is 24.3 Å². The van der Waals surface area contributed by atoms with Crippen LogP contribution < -0.4 is 5.43 Å². The summed E-state index contributed by atoms with van der Waals surface area (Å²) in [7, 11) is 0. The topological polar surface area (TPSA) is 53.9 Å². The van der Waals surface area contributed by atoms with Gasteiger partial charge in [-0.25, -0.2) is 9.45 Å². The first-order valence-electron chi connectivity index (χ1n) is 7.92. The van der Waals surface area contributed by atoms with Gasteiger partial charge in [0, 0.05) is 11.3 Å². The van der Waals surface area contributed by atoms with Crippen LogP contribution >= 0.6 is 0 Å². The highest BCUT2D eigenvalue weighted by atomic mass is 19.1. The minimum atomic E-state index is -0.552. The number of amides is 1. The van der Waals surface area contributed by atoms with Crippen LogP contribution in [0, 0.1) is 11.2 Å². The van der Waals surface area contributed by atoms with Gasteiger partial charge >= 0.3 is 0 Å². The first-order valence-corrected chi connectivity index (χ1v) is 7.92. The third-order valence-corrected chi connectivity index (χ3v) is 3.91. The third kappa shape index (κ3) is 4.07. The highest BCUT2D eigenvalue weighted by molar-refractivity contribution is 5.84. The van der Waals surface area contributed by atoms with Crippen LogP contribution in [-0.2, 0) is 16.2 Å². The molecule has 1 aliphatic heterocycles. The zero-order chi connectivity index (χ0) is 17.0. The minimum absolute atomic E-state index is 0.104. The first-order chi connectivity index (χ1) is 10.9. The number of anilines is 1. The SMILES string of the molecule is CCC(CC)=NNc1ccc(CN2OCC(C)(C)C2=O)c(F)c1. The molecule has 0 aromatic heterocycles. The molecule has 0 unspecified atom stereocenters. The number of nitrogens with one attached hydrogen (secondary N) is 1. The number of benzene rings is 1. The lowest BCUT2D eigenvalue weighted by Crippen LogP contribution is -2.30. The molecule has 1 aliphatic rings. The molecule has 5 nitrogen and oxygen atoms in total. The van der Waals surface area contributed by atoms with Crippen molar-refractivity contribution in [1.29, 1.82) is 0 Å². The molecule has 1 aromatic rings. The lowest BCUT2D eigenvalue weighted by atomic mass is 9.95. The Kier molecular flexibility index (Phi) is 5.36. The zero-order valence-corrected chi connectivity index (χ0v) is 14.1. The van der Waals surface area contributed by atoms with E-state index in [1.54, 1.807) is 12.1 Å². The van der Waals surface area contributed by atoms with Crippen LogP contribution in [0.1, 0.15) is 46.1 Å². The maximum atomic E-state index is 14.2. The van der Waals surface area contributed by atoms with E-state index < -0.39 is 5.41 Å². The van der Waals surface area contributed by atoms with Gasteiger partial charge < -0.3 is 0 Å². The van der Waals surface area contributed by atoms with Crippen molar-refractivity contribution in [1.82, 2.24) is 5.06 Å². The van der Waals surface area contributed by atoms with E-state index in [2.05, 4.69) is 10.5 Å². The predicted molar refractivity (Wildman–Crippen MR) is 88.3 cm³/mol. The second-order valence-electron chi connectivity index (χ2n) is 6.30. The van der Waals surface area contributed by atoms with E-state index in [9.17, 15) is 9.18 Å². The minimum Gasteiger partial charge on any atom is -0.278 e. The number of hydrogen-bond acceptors (Lipinski definition) is 4. The molecule has 1 aromatic carbocycles. The van der Waals surface area contributed by atoms with Crippen LogP contribution in [0.2, 0.25) is 0 Å². The Morgan fingerprint density at radius 2 is 2.09 bits per heavy atom. The quantitative estimate of drug-likeness (QED) is 0.642. The Balaban J connectivity index is 2.06. The summed E-state index contributed by atoms with van der Waals surface area (Å²) >= 11 is 0. The van der Waals surface area contributed by atoms with E-state index in [1.165, 1.54) is 11.1 Å². The maximum Gasteiger partial charge on any atom is 0.254 e. The molecule has 1 amide bonds. The number of hydrogen-bond donors (Lipinski definition) is 1. The summed E-state index contributed by atoms with van der Waals surface area (Å²) in [5, 5.41) is 5.48. The van der Waals surface area contributed by atoms with Crippen molar-refractivity contribution in [3.05, 3.63) is 29.6 Å². The lowest BCUT2D eigenvalue weighted by Gasteiger charge is -2.17.